The van der Waals surface area contributed by atoms with Gasteiger partial charge >= 0.3 is 29.6 Å². The SMILES string of the molecule is C=CCCCCC.[NaH]. The quantitative estimate of drug-likeness (QED) is 0.304. The van der Waals surface area contributed by atoms with Crippen LogP contribution in [-0.4, -0.2) is 29.6 Å². The predicted molar refractivity (Wildman–Crippen MR) is 41.5 cm³/mol. The van der Waals surface area contributed by atoms with Gasteiger partial charge in [-0.1, -0.05) is 25.8 Å². The summed E-state index contributed by atoms with van der Waals surface area (Å²) < 4.78 is 0. The maximum atomic E-state index is 3.63. The normalized spacial score (nSPS) is 7.62. The fourth-order valence-electron chi connectivity index (χ4n) is 0.539. The van der Waals surface area contributed by atoms with E-state index in [2.05, 4.69) is 13.5 Å². The van der Waals surface area contributed by atoms with E-state index >= 15 is 0 Å². The fraction of sp³-hybridized carbons (Fsp3) is 0.714. The molecule has 0 unspecified atom stereocenters. The zero-order chi connectivity index (χ0) is 5.54. The third-order valence-electron chi connectivity index (χ3n) is 1.01. The first-order valence-electron chi connectivity index (χ1n) is 3.02. The van der Waals surface area contributed by atoms with Crippen LogP contribution in [0.3, 0.4) is 0 Å². The summed E-state index contributed by atoms with van der Waals surface area (Å²) in [6.07, 6.45) is 7.16. The summed E-state index contributed by atoms with van der Waals surface area (Å²) in [7, 11) is 0. The number of unbranched alkanes of at least 4 members (excludes halogenated alkanes) is 3. The van der Waals surface area contributed by atoms with Gasteiger partial charge in [-0.25, -0.2) is 0 Å². The molecule has 0 heterocycles. The predicted octanol–water partition coefficient (Wildman–Crippen LogP) is 2.10. The second-order valence-electron chi connectivity index (χ2n) is 1.78. The van der Waals surface area contributed by atoms with Gasteiger partial charge in [0.1, 0.15) is 0 Å². The summed E-state index contributed by atoms with van der Waals surface area (Å²) in [5, 5.41) is 0. The van der Waals surface area contributed by atoms with Crippen LogP contribution in [0.2, 0.25) is 0 Å². The zero-order valence-corrected chi connectivity index (χ0v) is 5.11. The summed E-state index contributed by atoms with van der Waals surface area (Å²) >= 11 is 0. The van der Waals surface area contributed by atoms with E-state index in [1.54, 1.807) is 0 Å². The Morgan fingerprint density at radius 3 is 2.38 bits per heavy atom. The van der Waals surface area contributed by atoms with E-state index in [0.29, 0.717) is 0 Å². The van der Waals surface area contributed by atoms with Gasteiger partial charge in [-0.3, -0.25) is 0 Å². The molecule has 1 heteroatoms. The summed E-state index contributed by atoms with van der Waals surface area (Å²) in [5.74, 6) is 0. The van der Waals surface area contributed by atoms with Crippen molar-refractivity contribution in [3.05, 3.63) is 12.7 Å². The van der Waals surface area contributed by atoms with Crippen LogP contribution in [0, 0.1) is 0 Å². The number of allylic oxidation sites excluding steroid dienone is 1. The Morgan fingerprint density at radius 1 is 1.38 bits per heavy atom. The molecular weight excluding hydrogens is 107 g/mol. The van der Waals surface area contributed by atoms with Gasteiger partial charge in [0.2, 0.25) is 0 Å². The Hall–Kier alpha value is 0.740. The Labute approximate surface area is 74.7 Å². The van der Waals surface area contributed by atoms with Crippen LogP contribution >= 0.6 is 0 Å². The molecule has 0 N–H and O–H groups in total. The zero-order valence-electron chi connectivity index (χ0n) is 5.11. The molecule has 0 bridgehead atoms. The van der Waals surface area contributed by atoms with Crippen LogP contribution in [0.15, 0.2) is 12.7 Å². The molecule has 0 spiro atoms. The van der Waals surface area contributed by atoms with Crippen LogP contribution in [0.5, 0.6) is 0 Å². The number of hydrogen-bond donors (Lipinski definition) is 0. The minimum absolute atomic E-state index is 0. The van der Waals surface area contributed by atoms with Crippen molar-refractivity contribution in [3.8, 4) is 0 Å². The summed E-state index contributed by atoms with van der Waals surface area (Å²) in [6.45, 7) is 5.84. The minimum atomic E-state index is 0. The molecule has 0 aromatic rings. The van der Waals surface area contributed by atoms with Crippen LogP contribution in [0.1, 0.15) is 32.6 Å². The van der Waals surface area contributed by atoms with Crippen LogP contribution in [0.4, 0.5) is 0 Å². The molecule has 0 saturated heterocycles. The molecule has 0 aromatic carbocycles. The van der Waals surface area contributed by atoms with Crippen molar-refractivity contribution in [2.75, 3.05) is 0 Å². The van der Waals surface area contributed by atoms with E-state index in [-0.39, 0.29) is 29.6 Å². The van der Waals surface area contributed by atoms with Crippen molar-refractivity contribution >= 4 is 29.6 Å². The summed E-state index contributed by atoms with van der Waals surface area (Å²) in [5.41, 5.74) is 0. The van der Waals surface area contributed by atoms with E-state index in [1.807, 2.05) is 6.08 Å². The van der Waals surface area contributed by atoms with Gasteiger partial charge in [-0.2, -0.15) is 0 Å². The van der Waals surface area contributed by atoms with Crippen molar-refractivity contribution in [2.24, 2.45) is 0 Å². The molecule has 0 atom stereocenters. The topological polar surface area (TPSA) is 0 Å². The first kappa shape index (κ1) is 11.5. The molecule has 0 nitrogen and oxygen atoms in total. The molecule has 0 saturated carbocycles. The molecule has 0 aliphatic rings. The molecule has 44 valence electrons. The average molecular weight is 122 g/mol. The Morgan fingerprint density at radius 2 is 2.00 bits per heavy atom. The van der Waals surface area contributed by atoms with Gasteiger partial charge in [-0.15, -0.1) is 6.58 Å². The van der Waals surface area contributed by atoms with Gasteiger partial charge < -0.3 is 0 Å². The average Bonchev–Trinajstić information content (AvgIpc) is 1.69. The molecule has 0 rings (SSSR count). The van der Waals surface area contributed by atoms with Crippen molar-refractivity contribution in [1.82, 2.24) is 0 Å². The molecule has 0 aliphatic carbocycles. The van der Waals surface area contributed by atoms with E-state index in [0.717, 1.165) is 0 Å². The summed E-state index contributed by atoms with van der Waals surface area (Å²) in [6, 6.07) is 0. The molecule has 0 aromatic heterocycles. The first-order valence-corrected chi connectivity index (χ1v) is 3.02. The van der Waals surface area contributed by atoms with Crippen molar-refractivity contribution < 1.29 is 0 Å². The Kier molecular flexibility index (Phi) is 15.4. The molecule has 0 aliphatic heterocycles. The van der Waals surface area contributed by atoms with Crippen LogP contribution in [0.25, 0.3) is 0 Å². The first-order chi connectivity index (χ1) is 3.41. The number of hydrogen-bond acceptors (Lipinski definition) is 0. The van der Waals surface area contributed by atoms with Gasteiger partial charge in [0.05, 0.1) is 0 Å². The monoisotopic (exact) mass is 122 g/mol. The molecule has 8 heavy (non-hydrogen) atoms. The van der Waals surface area contributed by atoms with E-state index in [1.165, 1.54) is 25.7 Å². The van der Waals surface area contributed by atoms with Crippen molar-refractivity contribution in [1.29, 1.82) is 0 Å². The van der Waals surface area contributed by atoms with Gasteiger partial charge in [-0.05, 0) is 12.8 Å². The molecule has 0 fully saturated rings. The standard InChI is InChI=1S/C7H14.Na.H/c1-3-5-7-6-4-2;;/h3H,1,4-7H2,2H3;;. The van der Waals surface area contributed by atoms with Gasteiger partial charge in [0, 0.05) is 0 Å². The fourth-order valence-corrected chi connectivity index (χ4v) is 0.539. The second-order valence-corrected chi connectivity index (χ2v) is 1.78. The van der Waals surface area contributed by atoms with Gasteiger partial charge in [0.15, 0.2) is 0 Å². The second kappa shape index (κ2) is 10.7. The third kappa shape index (κ3) is 9.88. The van der Waals surface area contributed by atoms with Crippen molar-refractivity contribution in [2.45, 2.75) is 32.6 Å². The Balaban J connectivity index is 0. The van der Waals surface area contributed by atoms with E-state index in [9.17, 15) is 0 Å². The Bertz CT molecular complexity index is 41.7. The maximum absolute atomic E-state index is 3.63. The van der Waals surface area contributed by atoms with Crippen molar-refractivity contribution in [3.63, 3.8) is 0 Å². The molecular formula is C7H15Na. The van der Waals surface area contributed by atoms with E-state index in [4.69, 9.17) is 0 Å². The van der Waals surface area contributed by atoms with Crippen LogP contribution in [-0.2, 0) is 0 Å². The van der Waals surface area contributed by atoms with E-state index < -0.39 is 0 Å². The number of rotatable bonds is 4. The third-order valence-corrected chi connectivity index (χ3v) is 1.01. The molecule has 0 amide bonds. The summed E-state index contributed by atoms with van der Waals surface area (Å²) in [4.78, 5) is 0. The van der Waals surface area contributed by atoms with Gasteiger partial charge in [0.25, 0.3) is 0 Å². The molecule has 0 radical (unpaired) electrons. The van der Waals surface area contributed by atoms with Crippen LogP contribution < -0.4 is 0 Å².